The summed E-state index contributed by atoms with van der Waals surface area (Å²) in [6.07, 6.45) is 2.02. The normalized spacial score (nSPS) is 20.2. The highest BCUT2D eigenvalue weighted by atomic mass is 127. The predicted octanol–water partition coefficient (Wildman–Crippen LogP) is 3.05. The van der Waals surface area contributed by atoms with E-state index < -0.39 is 5.82 Å². The van der Waals surface area contributed by atoms with Crippen molar-refractivity contribution >= 4 is 28.5 Å². The van der Waals surface area contributed by atoms with Gasteiger partial charge in [-0.05, 0) is 60.6 Å². The molecule has 1 aromatic carbocycles. The molecule has 0 spiro atoms. The van der Waals surface area contributed by atoms with Crippen molar-refractivity contribution in [1.82, 2.24) is 4.90 Å². The Balaban J connectivity index is 2.29. The fraction of sp³-hybridized carbons (Fsp3) is 0.417. The van der Waals surface area contributed by atoms with Crippen LogP contribution in [0, 0.1) is 9.39 Å². The molecule has 1 amide bonds. The number of halogens is 2. The third-order valence-corrected chi connectivity index (χ3v) is 3.64. The van der Waals surface area contributed by atoms with E-state index in [0.29, 0.717) is 0 Å². The highest BCUT2D eigenvalue weighted by Crippen LogP contribution is 2.21. The third-order valence-electron chi connectivity index (χ3n) is 2.97. The Kier molecular flexibility index (Phi) is 3.47. The summed E-state index contributed by atoms with van der Waals surface area (Å²) in [5.41, 5.74) is 0.195. The Morgan fingerprint density at radius 2 is 2.31 bits per heavy atom. The maximum Gasteiger partial charge on any atom is 0.257 e. The zero-order chi connectivity index (χ0) is 11.7. The molecule has 0 aliphatic carbocycles. The maximum absolute atomic E-state index is 13.5. The standard InChI is InChI=1S/C12H13FINO/c1-8-3-2-6-15(8)12(16)10-7-9(14)4-5-11(10)13/h4-5,7-8H,2-3,6H2,1H3/t8-/m0/s1. The van der Waals surface area contributed by atoms with Gasteiger partial charge in [0.15, 0.2) is 0 Å². The van der Waals surface area contributed by atoms with E-state index in [1.54, 1.807) is 17.0 Å². The van der Waals surface area contributed by atoms with Gasteiger partial charge in [0.1, 0.15) is 5.82 Å². The van der Waals surface area contributed by atoms with Crippen molar-refractivity contribution in [1.29, 1.82) is 0 Å². The summed E-state index contributed by atoms with van der Waals surface area (Å²) in [4.78, 5) is 13.9. The topological polar surface area (TPSA) is 20.3 Å². The van der Waals surface area contributed by atoms with Gasteiger partial charge in [-0.25, -0.2) is 4.39 Å². The number of amides is 1. The first-order valence-electron chi connectivity index (χ1n) is 5.35. The highest BCUT2D eigenvalue weighted by molar-refractivity contribution is 14.1. The smallest absolute Gasteiger partial charge is 0.257 e. The van der Waals surface area contributed by atoms with Crippen LogP contribution in [-0.2, 0) is 0 Å². The van der Waals surface area contributed by atoms with Crippen LogP contribution in [0.15, 0.2) is 18.2 Å². The quantitative estimate of drug-likeness (QED) is 0.724. The molecule has 0 radical (unpaired) electrons. The maximum atomic E-state index is 13.5. The molecule has 1 fully saturated rings. The van der Waals surface area contributed by atoms with Crippen LogP contribution >= 0.6 is 22.6 Å². The second-order valence-corrected chi connectivity index (χ2v) is 5.36. The molecule has 86 valence electrons. The van der Waals surface area contributed by atoms with E-state index in [-0.39, 0.29) is 17.5 Å². The minimum absolute atomic E-state index is 0.180. The van der Waals surface area contributed by atoms with Crippen LogP contribution in [0.2, 0.25) is 0 Å². The van der Waals surface area contributed by atoms with Crippen molar-refractivity contribution in [3.63, 3.8) is 0 Å². The van der Waals surface area contributed by atoms with Crippen molar-refractivity contribution in [2.45, 2.75) is 25.8 Å². The zero-order valence-corrected chi connectivity index (χ0v) is 11.2. The Bertz CT molecular complexity index is 421. The first-order valence-corrected chi connectivity index (χ1v) is 6.43. The molecule has 0 aromatic heterocycles. The van der Waals surface area contributed by atoms with Crippen LogP contribution in [0.1, 0.15) is 30.1 Å². The van der Waals surface area contributed by atoms with Crippen LogP contribution < -0.4 is 0 Å². The molecule has 0 unspecified atom stereocenters. The lowest BCUT2D eigenvalue weighted by Gasteiger charge is -2.21. The number of rotatable bonds is 1. The first-order chi connectivity index (χ1) is 7.59. The monoisotopic (exact) mass is 333 g/mol. The number of carbonyl (C=O) groups excluding carboxylic acids is 1. The van der Waals surface area contributed by atoms with Crippen LogP contribution in [0.4, 0.5) is 4.39 Å². The number of benzene rings is 1. The van der Waals surface area contributed by atoms with E-state index in [4.69, 9.17) is 0 Å². The first kappa shape index (κ1) is 11.8. The second kappa shape index (κ2) is 4.69. The van der Waals surface area contributed by atoms with Crippen LogP contribution in [0.3, 0.4) is 0 Å². The van der Waals surface area contributed by atoms with Gasteiger partial charge in [-0.15, -0.1) is 0 Å². The molecule has 0 saturated carbocycles. The number of carbonyl (C=O) groups is 1. The van der Waals surface area contributed by atoms with Gasteiger partial charge in [-0.3, -0.25) is 4.79 Å². The van der Waals surface area contributed by atoms with E-state index >= 15 is 0 Å². The van der Waals surface area contributed by atoms with E-state index in [9.17, 15) is 9.18 Å². The molecular formula is C12H13FINO. The van der Waals surface area contributed by atoms with Crippen molar-refractivity contribution in [3.8, 4) is 0 Å². The van der Waals surface area contributed by atoms with Gasteiger partial charge in [-0.2, -0.15) is 0 Å². The molecule has 0 N–H and O–H groups in total. The van der Waals surface area contributed by atoms with Gasteiger partial charge in [-0.1, -0.05) is 0 Å². The summed E-state index contributed by atoms with van der Waals surface area (Å²) < 4.78 is 14.4. The largest absolute Gasteiger partial charge is 0.336 e. The van der Waals surface area contributed by atoms with E-state index in [2.05, 4.69) is 22.6 Å². The molecule has 0 bridgehead atoms. The van der Waals surface area contributed by atoms with Crippen LogP contribution in [0.25, 0.3) is 0 Å². The summed E-state index contributed by atoms with van der Waals surface area (Å²) in [6.45, 7) is 2.75. The van der Waals surface area contributed by atoms with Gasteiger partial charge in [0.05, 0.1) is 5.56 Å². The minimum atomic E-state index is -0.426. The summed E-state index contributed by atoms with van der Waals surface area (Å²) >= 11 is 2.09. The highest BCUT2D eigenvalue weighted by Gasteiger charge is 2.27. The molecule has 2 rings (SSSR count). The summed E-state index contributed by atoms with van der Waals surface area (Å²) in [5, 5.41) is 0. The SMILES string of the molecule is C[C@H]1CCCN1C(=O)c1cc(I)ccc1F. The average Bonchev–Trinajstić information content (AvgIpc) is 2.67. The van der Waals surface area contributed by atoms with Crippen molar-refractivity contribution in [2.75, 3.05) is 6.54 Å². The Morgan fingerprint density at radius 3 is 2.94 bits per heavy atom. The Labute approximate surface area is 108 Å². The van der Waals surface area contributed by atoms with Crippen LogP contribution in [0.5, 0.6) is 0 Å². The molecular weight excluding hydrogens is 320 g/mol. The summed E-state index contributed by atoms with van der Waals surface area (Å²) in [6, 6.07) is 4.86. The molecule has 1 atom stereocenters. The fourth-order valence-electron chi connectivity index (χ4n) is 2.05. The van der Waals surface area contributed by atoms with Crippen molar-refractivity contribution in [3.05, 3.63) is 33.1 Å². The number of likely N-dealkylation sites (tertiary alicyclic amines) is 1. The Hall–Kier alpha value is -0.650. The molecule has 1 saturated heterocycles. The van der Waals surface area contributed by atoms with Crippen molar-refractivity contribution in [2.24, 2.45) is 0 Å². The van der Waals surface area contributed by atoms with E-state index in [1.807, 2.05) is 6.92 Å². The second-order valence-electron chi connectivity index (χ2n) is 4.11. The van der Waals surface area contributed by atoms with Crippen LogP contribution in [-0.4, -0.2) is 23.4 Å². The van der Waals surface area contributed by atoms with Gasteiger partial charge in [0, 0.05) is 16.2 Å². The third kappa shape index (κ3) is 2.21. The molecule has 1 aliphatic rings. The van der Waals surface area contributed by atoms with Gasteiger partial charge < -0.3 is 4.90 Å². The molecule has 4 heteroatoms. The van der Waals surface area contributed by atoms with Gasteiger partial charge >= 0.3 is 0 Å². The minimum Gasteiger partial charge on any atom is -0.336 e. The van der Waals surface area contributed by atoms with E-state index in [1.165, 1.54) is 6.07 Å². The molecule has 16 heavy (non-hydrogen) atoms. The molecule has 2 nitrogen and oxygen atoms in total. The summed E-state index contributed by atoms with van der Waals surface area (Å²) in [5.74, 6) is -0.606. The molecule has 1 aromatic rings. The number of hydrogen-bond acceptors (Lipinski definition) is 1. The summed E-state index contributed by atoms with van der Waals surface area (Å²) in [7, 11) is 0. The van der Waals surface area contributed by atoms with Crippen molar-refractivity contribution < 1.29 is 9.18 Å². The number of hydrogen-bond donors (Lipinski definition) is 0. The van der Waals surface area contributed by atoms with Gasteiger partial charge in [0.2, 0.25) is 0 Å². The average molecular weight is 333 g/mol. The lowest BCUT2D eigenvalue weighted by Crippen LogP contribution is -2.34. The lowest BCUT2D eigenvalue weighted by molar-refractivity contribution is 0.0742. The van der Waals surface area contributed by atoms with E-state index in [0.717, 1.165) is 23.0 Å². The fourth-order valence-corrected chi connectivity index (χ4v) is 2.54. The predicted molar refractivity (Wildman–Crippen MR) is 68.8 cm³/mol. The Morgan fingerprint density at radius 1 is 1.56 bits per heavy atom. The lowest BCUT2D eigenvalue weighted by atomic mass is 10.1. The number of nitrogens with zero attached hydrogens (tertiary/aromatic N) is 1. The molecule has 1 aliphatic heterocycles. The molecule has 1 heterocycles. The zero-order valence-electron chi connectivity index (χ0n) is 9.04. The van der Waals surface area contributed by atoms with Gasteiger partial charge in [0.25, 0.3) is 5.91 Å².